The number of ether oxygens (including phenoxy) is 4. The summed E-state index contributed by atoms with van der Waals surface area (Å²) in [5.74, 6) is 3.34. The van der Waals surface area contributed by atoms with E-state index in [-0.39, 0.29) is 5.60 Å². The molecule has 8 heteroatoms. The first-order valence-corrected chi connectivity index (χ1v) is 12.8. The van der Waals surface area contributed by atoms with Crippen LogP contribution in [0, 0.1) is 6.92 Å². The zero-order valence-corrected chi connectivity index (χ0v) is 22.2. The largest absolute Gasteiger partial charge is 0.493 e. The minimum absolute atomic E-state index is 0.288. The molecular weight excluding hydrogens is 478 g/mol. The minimum atomic E-state index is -0.288. The standard InChI is InChI=1S/C28H36ClN3O4/c1-22-30-12-16-32(22)13-5-17-35-26-9-8-23(18-27(26)33-2)20-31-14-10-28(34-3,11-15-31)21-36-25-7-4-6-24(29)19-25/h4,6-9,12,16,18-19H,5,10-11,13-15,17,20-21H2,1-3H3. The SMILES string of the molecule is COc1cc(CN2CCC(COc3cccc(Cl)c3)(OC)CC2)ccc1OCCCn1ccnc1C. The fourth-order valence-corrected chi connectivity index (χ4v) is 4.72. The summed E-state index contributed by atoms with van der Waals surface area (Å²) in [7, 11) is 3.46. The van der Waals surface area contributed by atoms with Gasteiger partial charge < -0.3 is 23.5 Å². The van der Waals surface area contributed by atoms with Crippen molar-refractivity contribution in [3.63, 3.8) is 0 Å². The Bertz CT molecular complexity index is 1110. The molecule has 0 radical (unpaired) electrons. The van der Waals surface area contributed by atoms with Crippen LogP contribution in [0.25, 0.3) is 0 Å². The molecular formula is C28H36ClN3O4. The number of hydrogen-bond donors (Lipinski definition) is 0. The Kier molecular flexibility index (Phi) is 9.13. The topological polar surface area (TPSA) is 58.0 Å². The van der Waals surface area contributed by atoms with Crippen LogP contribution in [0.1, 0.15) is 30.7 Å². The second kappa shape index (κ2) is 12.5. The summed E-state index contributed by atoms with van der Waals surface area (Å²) in [4.78, 5) is 6.70. The molecule has 0 unspecified atom stereocenters. The molecule has 1 aliphatic rings. The number of halogens is 1. The van der Waals surface area contributed by atoms with E-state index in [1.807, 2.05) is 49.6 Å². The lowest BCUT2D eigenvalue weighted by Gasteiger charge is -2.40. The highest BCUT2D eigenvalue weighted by molar-refractivity contribution is 6.30. The van der Waals surface area contributed by atoms with Crippen molar-refractivity contribution in [2.75, 3.05) is 40.5 Å². The fraction of sp³-hybridized carbons (Fsp3) is 0.464. The lowest BCUT2D eigenvalue weighted by Crippen LogP contribution is -2.48. The van der Waals surface area contributed by atoms with Crippen LogP contribution in [0.3, 0.4) is 0 Å². The Balaban J connectivity index is 1.26. The van der Waals surface area contributed by atoms with Gasteiger partial charge in [0.15, 0.2) is 11.5 Å². The van der Waals surface area contributed by atoms with Gasteiger partial charge in [-0.3, -0.25) is 4.90 Å². The van der Waals surface area contributed by atoms with Crippen LogP contribution in [0.5, 0.6) is 17.2 Å². The zero-order chi connectivity index (χ0) is 25.4. The summed E-state index contributed by atoms with van der Waals surface area (Å²) in [6.45, 7) is 6.74. The van der Waals surface area contributed by atoms with Gasteiger partial charge in [0, 0.05) is 50.7 Å². The Labute approximate surface area is 218 Å². The van der Waals surface area contributed by atoms with E-state index >= 15 is 0 Å². The second-order valence-electron chi connectivity index (χ2n) is 9.26. The molecule has 0 N–H and O–H groups in total. The first-order valence-electron chi connectivity index (χ1n) is 12.4. The molecule has 7 nitrogen and oxygen atoms in total. The Morgan fingerprint density at radius 1 is 1.03 bits per heavy atom. The van der Waals surface area contributed by atoms with Crippen LogP contribution in [0.2, 0.25) is 5.02 Å². The zero-order valence-electron chi connectivity index (χ0n) is 21.4. The van der Waals surface area contributed by atoms with Crippen molar-refractivity contribution in [1.82, 2.24) is 14.5 Å². The number of piperidine rings is 1. The highest BCUT2D eigenvalue weighted by Crippen LogP contribution is 2.31. The van der Waals surface area contributed by atoms with E-state index in [0.717, 1.165) is 68.5 Å². The number of rotatable bonds is 12. The van der Waals surface area contributed by atoms with Crippen LogP contribution in [0.15, 0.2) is 54.9 Å². The molecule has 2 heterocycles. The number of hydrogen-bond acceptors (Lipinski definition) is 6. The average molecular weight is 514 g/mol. The van der Waals surface area contributed by atoms with Crippen molar-refractivity contribution in [3.8, 4) is 17.2 Å². The summed E-state index contributed by atoms with van der Waals surface area (Å²) in [5.41, 5.74) is 0.914. The van der Waals surface area contributed by atoms with Crippen LogP contribution in [0.4, 0.5) is 0 Å². The number of likely N-dealkylation sites (tertiary alicyclic amines) is 1. The highest BCUT2D eigenvalue weighted by Gasteiger charge is 2.35. The smallest absolute Gasteiger partial charge is 0.161 e. The summed E-state index contributed by atoms with van der Waals surface area (Å²) in [6, 6.07) is 13.7. The van der Waals surface area contributed by atoms with Gasteiger partial charge in [-0.15, -0.1) is 0 Å². The molecule has 0 spiro atoms. The molecule has 1 aromatic heterocycles. The molecule has 0 saturated carbocycles. The predicted molar refractivity (Wildman–Crippen MR) is 141 cm³/mol. The van der Waals surface area contributed by atoms with Gasteiger partial charge >= 0.3 is 0 Å². The fourth-order valence-electron chi connectivity index (χ4n) is 4.54. The van der Waals surface area contributed by atoms with Crippen LogP contribution in [-0.4, -0.2) is 60.6 Å². The van der Waals surface area contributed by atoms with Crippen LogP contribution >= 0.6 is 11.6 Å². The summed E-state index contributed by atoms with van der Waals surface area (Å²) < 4.78 is 25.7. The number of nitrogens with zero attached hydrogens (tertiary/aromatic N) is 3. The molecule has 4 rings (SSSR count). The van der Waals surface area contributed by atoms with Crippen molar-refractivity contribution in [1.29, 1.82) is 0 Å². The van der Waals surface area contributed by atoms with Crippen LogP contribution in [-0.2, 0) is 17.8 Å². The molecule has 2 aromatic carbocycles. The minimum Gasteiger partial charge on any atom is -0.493 e. The van der Waals surface area contributed by atoms with Gasteiger partial charge in [-0.1, -0.05) is 23.7 Å². The van der Waals surface area contributed by atoms with Crippen molar-refractivity contribution < 1.29 is 18.9 Å². The van der Waals surface area contributed by atoms with E-state index in [4.69, 9.17) is 30.5 Å². The number of imidazole rings is 1. The number of aromatic nitrogens is 2. The normalized spacial score (nSPS) is 15.6. The molecule has 0 atom stereocenters. The maximum absolute atomic E-state index is 6.08. The van der Waals surface area contributed by atoms with Crippen molar-refractivity contribution in [3.05, 3.63) is 71.3 Å². The monoisotopic (exact) mass is 513 g/mol. The molecule has 1 aliphatic heterocycles. The molecule has 36 heavy (non-hydrogen) atoms. The van der Waals surface area contributed by atoms with E-state index in [0.29, 0.717) is 18.2 Å². The van der Waals surface area contributed by atoms with Gasteiger partial charge in [0.2, 0.25) is 0 Å². The summed E-state index contributed by atoms with van der Waals surface area (Å²) in [6.07, 6.45) is 6.52. The number of methoxy groups -OCH3 is 2. The predicted octanol–water partition coefficient (Wildman–Crippen LogP) is 5.38. The van der Waals surface area contributed by atoms with Gasteiger partial charge in [0.25, 0.3) is 0 Å². The van der Waals surface area contributed by atoms with E-state index in [2.05, 4.69) is 26.6 Å². The van der Waals surface area contributed by atoms with Crippen molar-refractivity contribution in [2.45, 2.75) is 44.9 Å². The van der Waals surface area contributed by atoms with E-state index in [1.165, 1.54) is 5.56 Å². The number of benzene rings is 2. The maximum Gasteiger partial charge on any atom is 0.161 e. The van der Waals surface area contributed by atoms with Crippen LogP contribution < -0.4 is 14.2 Å². The van der Waals surface area contributed by atoms with Gasteiger partial charge in [-0.25, -0.2) is 4.98 Å². The second-order valence-corrected chi connectivity index (χ2v) is 9.70. The molecule has 194 valence electrons. The Hall–Kier alpha value is -2.74. The quantitative estimate of drug-likeness (QED) is 0.303. The van der Waals surface area contributed by atoms with E-state index in [9.17, 15) is 0 Å². The van der Waals surface area contributed by atoms with Crippen molar-refractivity contribution in [2.24, 2.45) is 0 Å². The lowest BCUT2D eigenvalue weighted by molar-refractivity contribution is -0.0839. The molecule has 3 aromatic rings. The number of aryl methyl sites for hydroxylation is 2. The molecule has 0 bridgehead atoms. The highest BCUT2D eigenvalue weighted by atomic mass is 35.5. The van der Waals surface area contributed by atoms with E-state index in [1.54, 1.807) is 14.2 Å². The first kappa shape index (κ1) is 26.3. The molecule has 1 fully saturated rings. The first-order chi connectivity index (χ1) is 17.5. The maximum atomic E-state index is 6.08. The van der Waals surface area contributed by atoms with Gasteiger partial charge in [-0.05, 0) is 62.1 Å². The van der Waals surface area contributed by atoms with Gasteiger partial charge in [0.1, 0.15) is 23.8 Å². The van der Waals surface area contributed by atoms with Crippen molar-refractivity contribution >= 4 is 11.6 Å². The summed E-state index contributed by atoms with van der Waals surface area (Å²) >= 11 is 6.08. The van der Waals surface area contributed by atoms with Gasteiger partial charge in [0.05, 0.1) is 13.7 Å². The molecule has 1 saturated heterocycles. The Morgan fingerprint density at radius 3 is 2.56 bits per heavy atom. The van der Waals surface area contributed by atoms with E-state index < -0.39 is 0 Å². The Morgan fingerprint density at radius 2 is 1.86 bits per heavy atom. The molecule has 0 aliphatic carbocycles. The average Bonchev–Trinajstić information content (AvgIpc) is 3.31. The third-order valence-electron chi connectivity index (χ3n) is 6.86. The third kappa shape index (κ3) is 6.93. The van der Waals surface area contributed by atoms with Gasteiger partial charge in [-0.2, -0.15) is 0 Å². The lowest BCUT2D eigenvalue weighted by atomic mass is 9.91. The third-order valence-corrected chi connectivity index (χ3v) is 7.09. The molecule has 0 amide bonds. The summed E-state index contributed by atoms with van der Waals surface area (Å²) in [5, 5.41) is 0.671.